The van der Waals surface area contributed by atoms with Crippen molar-refractivity contribution >= 4 is 0 Å². The molecule has 3 heteroatoms. The molecule has 94 valence electrons. The molecular weight excluding hydrogens is 214 g/mol. The fourth-order valence-corrected chi connectivity index (χ4v) is 2.33. The van der Waals surface area contributed by atoms with E-state index in [2.05, 4.69) is 12.2 Å². The molecule has 2 N–H and O–H groups in total. The molecule has 1 aromatic rings. The molecule has 1 aromatic carbocycles. The third-order valence-electron chi connectivity index (χ3n) is 3.83. The van der Waals surface area contributed by atoms with Crippen molar-refractivity contribution in [2.75, 3.05) is 13.7 Å². The fraction of sp³-hybridized carbons (Fsp3) is 0.571. The largest absolute Gasteiger partial charge is 0.508 e. The Morgan fingerprint density at radius 3 is 2.65 bits per heavy atom. The van der Waals surface area contributed by atoms with E-state index in [1.807, 2.05) is 18.2 Å². The summed E-state index contributed by atoms with van der Waals surface area (Å²) in [7, 11) is 1.78. The van der Waals surface area contributed by atoms with Gasteiger partial charge in [-0.15, -0.1) is 0 Å². The molecule has 1 aliphatic rings. The summed E-state index contributed by atoms with van der Waals surface area (Å²) in [6, 6.07) is 7.61. The molecule has 0 aliphatic heterocycles. The van der Waals surface area contributed by atoms with E-state index in [9.17, 15) is 5.11 Å². The lowest BCUT2D eigenvalue weighted by Gasteiger charge is -2.41. The van der Waals surface area contributed by atoms with E-state index in [4.69, 9.17) is 4.74 Å². The van der Waals surface area contributed by atoms with Crippen LogP contribution in [0.3, 0.4) is 0 Å². The average Bonchev–Trinajstić information content (AvgIpc) is 2.28. The van der Waals surface area contributed by atoms with Crippen LogP contribution in [0.5, 0.6) is 5.75 Å². The zero-order valence-electron chi connectivity index (χ0n) is 10.6. The molecule has 0 heterocycles. The molecule has 0 aromatic heterocycles. The van der Waals surface area contributed by atoms with Crippen LogP contribution in [0.1, 0.15) is 37.8 Å². The van der Waals surface area contributed by atoms with Gasteiger partial charge in [-0.3, -0.25) is 0 Å². The van der Waals surface area contributed by atoms with Crippen molar-refractivity contribution in [3.05, 3.63) is 29.8 Å². The van der Waals surface area contributed by atoms with Gasteiger partial charge >= 0.3 is 0 Å². The molecule has 0 bridgehead atoms. The van der Waals surface area contributed by atoms with Crippen molar-refractivity contribution in [3.63, 3.8) is 0 Å². The second-order valence-electron chi connectivity index (χ2n) is 4.90. The number of phenolic OH excluding ortho intramolecular Hbond substituents is 1. The van der Waals surface area contributed by atoms with E-state index < -0.39 is 0 Å². The molecule has 1 saturated carbocycles. The van der Waals surface area contributed by atoms with Gasteiger partial charge in [-0.1, -0.05) is 18.2 Å². The SMILES string of the molecule is COC1(CNC(C)c2ccccc2O)CCC1. The Labute approximate surface area is 103 Å². The predicted molar refractivity (Wildman–Crippen MR) is 68.1 cm³/mol. The average molecular weight is 235 g/mol. The van der Waals surface area contributed by atoms with Crippen LogP contribution in [0.4, 0.5) is 0 Å². The van der Waals surface area contributed by atoms with Gasteiger partial charge in [0.1, 0.15) is 5.75 Å². The minimum Gasteiger partial charge on any atom is -0.508 e. The van der Waals surface area contributed by atoms with Crippen LogP contribution in [0.2, 0.25) is 0 Å². The summed E-state index contributed by atoms with van der Waals surface area (Å²) >= 11 is 0. The monoisotopic (exact) mass is 235 g/mol. The molecule has 1 aliphatic carbocycles. The Balaban J connectivity index is 1.93. The number of para-hydroxylation sites is 1. The first-order valence-corrected chi connectivity index (χ1v) is 6.23. The summed E-state index contributed by atoms with van der Waals surface area (Å²) < 4.78 is 5.57. The number of nitrogens with one attached hydrogen (secondary N) is 1. The Morgan fingerprint density at radius 1 is 1.41 bits per heavy atom. The molecule has 1 atom stereocenters. The number of rotatable bonds is 5. The summed E-state index contributed by atoms with van der Waals surface area (Å²) in [5.74, 6) is 0.354. The smallest absolute Gasteiger partial charge is 0.120 e. The number of methoxy groups -OCH3 is 1. The Bertz CT molecular complexity index is 369. The fourth-order valence-electron chi connectivity index (χ4n) is 2.33. The normalized spacial score (nSPS) is 19.6. The zero-order chi connectivity index (χ0) is 12.3. The third-order valence-corrected chi connectivity index (χ3v) is 3.83. The van der Waals surface area contributed by atoms with Gasteiger partial charge in [0.2, 0.25) is 0 Å². The molecule has 0 amide bonds. The maximum Gasteiger partial charge on any atom is 0.120 e. The molecule has 0 spiro atoms. The van der Waals surface area contributed by atoms with Gasteiger partial charge in [0.05, 0.1) is 5.60 Å². The number of phenols is 1. The van der Waals surface area contributed by atoms with Gasteiger partial charge < -0.3 is 15.2 Å². The van der Waals surface area contributed by atoms with E-state index in [-0.39, 0.29) is 11.6 Å². The topological polar surface area (TPSA) is 41.5 Å². The standard InChI is InChI=1S/C14H21NO2/c1-11(12-6-3-4-7-13(12)16)15-10-14(17-2)8-5-9-14/h3-4,6-7,11,15-16H,5,8-10H2,1-2H3. The van der Waals surface area contributed by atoms with Crippen LogP contribution in [0.15, 0.2) is 24.3 Å². The number of aromatic hydroxyl groups is 1. The third kappa shape index (κ3) is 2.61. The molecule has 0 saturated heterocycles. The molecule has 17 heavy (non-hydrogen) atoms. The number of benzene rings is 1. The van der Waals surface area contributed by atoms with Crippen LogP contribution >= 0.6 is 0 Å². The highest BCUT2D eigenvalue weighted by Crippen LogP contribution is 2.35. The lowest BCUT2D eigenvalue weighted by atomic mass is 9.80. The summed E-state index contributed by atoms with van der Waals surface area (Å²) in [5.41, 5.74) is 0.969. The second-order valence-corrected chi connectivity index (χ2v) is 4.90. The van der Waals surface area contributed by atoms with Crippen LogP contribution in [-0.4, -0.2) is 24.4 Å². The van der Waals surface area contributed by atoms with Crippen molar-refractivity contribution in [2.24, 2.45) is 0 Å². The van der Waals surface area contributed by atoms with Crippen LogP contribution in [-0.2, 0) is 4.74 Å². The molecule has 1 fully saturated rings. The lowest BCUT2D eigenvalue weighted by molar-refractivity contribution is -0.0706. The highest BCUT2D eigenvalue weighted by atomic mass is 16.5. The summed E-state index contributed by atoms with van der Waals surface area (Å²) in [6.07, 6.45) is 3.51. The lowest BCUT2D eigenvalue weighted by Crippen LogP contribution is -2.48. The van der Waals surface area contributed by atoms with E-state index in [1.54, 1.807) is 13.2 Å². The Morgan fingerprint density at radius 2 is 2.12 bits per heavy atom. The summed E-state index contributed by atoms with van der Waals surface area (Å²) in [5, 5.41) is 13.2. The van der Waals surface area contributed by atoms with E-state index >= 15 is 0 Å². The first-order valence-electron chi connectivity index (χ1n) is 6.23. The molecule has 2 rings (SSSR count). The van der Waals surface area contributed by atoms with Crippen molar-refractivity contribution in [1.29, 1.82) is 0 Å². The van der Waals surface area contributed by atoms with Gasteiger partial charge in [-0.05, 0) is 32.3 Å². The van der Waals surface area contributed by atoms with Crippen molar-refractivity contribution in [3.8, 4) is 5.75 Å². The van der Waals surface area contributed by atoms with Gasteiger partial charge in [0.25, 0.3) is 0 Å². The van der Waals surface area contributed by atoms with Crippen LogP contribution < -0.4 is 5.32 Å². The van der Waals surface area contributed by atoms with Crippen molar-refractivity contribution < 1.29 is 9.84 Å². The van der Waals surface area contributed by atoms with Gasteiger partial charge in [-0.25, -0.2) is 0 Å². The molecular formula is C14H21NO2. The maximum atomic E-state index is 9.77. The maximum absolute atomic E-state index is 9.77. The van der Waals surface area contributed by atoms with E-state index in [0.717, 1.165) is 24.9 Å². The number of hydrogen-bond donors (Lipinski definition) is 2. The quantitative estimate of drug-likeness (QED) is 0.824. The first-order chi connectivity index (χ1) is 8.17. The van der Waals surface area contributed by atoms with Crippen LogP contribution in [0, 0.1) is 0 Å². The Hall–Kier alpha value is -1.06. The van der Waals surface area contributed by atoms with E-state index in [1.165, 1.54) is 6.42 Å². The van der Waals surface area contributed by atoms with Crippen molar-refractivity contribution in [1.82, 2.24) is 5.32 Å². The first kappa shape index (κ1) is 12.4. The number of hydrogen-bond acceptors (Lipinski definition) is 3. The van der Waals surface area contributed by atoms with Crippen LogP contribution in [0.25, 0.3) is 0 Å². The van der Waals surface area contributed by atoms with Crippen molar-refractivity contribution in [2.45, 2.75) is 37.8 Å². The summed E-state index contributed by atoms with van der Waals surface area (Å²) in [4.78, 5) is 0. The second kappa shape index (κ2) is 5.07. The van der Waals surface area contributed by atoms with Gasteiger partial charge in [0.15, 0.2) is 0 Å². The zero-order valence-corrected chi connectivity index (χ0v) is 10.6. The number of ether oxygens (including phenoxy) is 1. The van der Waals surface area contributed by atoms with E-state index in [0.29, 0.717) is 5.75 Å². The minimum atomic E-state index is 0.0264. The summed E-state index contributed by atoms with van der Waals surface area (Å²) in [6.45, 7) is 2.91. The minimum absolute atomic E-state index is 0.0264. The molecule has 3 nitrogen and oxygen atoms in total. The Kier molecular flexibility index (Phi) is 3.69. The van der Waals surface area contributed by atoms with Gasteiger partial charge in [0, 0.05) is 25.3 Å². The molecule has 0 radical (unpaired) electrons. The highest BCUT2D eigenvalue weighted by Gasteiger charge is 2.36. The predicted octanol–water partition coefficient (Wildman–Crippen LogP) is 2.61. The highest BCUT2D eigenvalue weighted by molar-refractivity contribution is 5.34. The van der Waals surface area contributed by atoms with Gasteiger partial charge in [-0.2, -0.15) is 0 Å². The molecule has 1 unspecified atom stereocenters.